The van der Waals surface area contributed by atoms with E-state index in [9.17, 15) is 23.8 Å². The Morgan fingerprint density at radius 2 is 2.13 bits per heavy atom. The van der Waals surface area contributed by atoms with Crippen molar-refractivity contribution in [3.63, 3.8) is 0 Å². The van der Waals surface area contributed by atoms with E-state index < -0.39 is 48.9 Å². The van der Waals surface area contributed by atoms with E-state index in [2.05, 4.69) is 15.5 Å². The number of carboxylic acid groups (broad SMARTS) is 1. The minimum absolute atomic E-state index is 0.00890. The van der Waals surface area contributed by atoms with Crippen molar-refractivity contribution in [1.82, 2.24) is 15.0 Å². The van der Waals surface area contributed by atoms with Gasteiger partial charge in [0.2, 0.25) is 5.60 Å². The molecule has 1 aliphatic rings. The van der Waals surface area contributed by atoms with E-state index in [1.807, 2.05) is 0 Å². The number of anilines is 1. The van der Waals surface area contributed by atoms with Gasteiger partial charge < -0.3 is 25.9 Å². The molecule has 0 bridgehead atoms. The van der Waals surface area contributed by atoms with Gasteiger partial charge in [0.25, 0.3) is 11.8 Å². The van der Waals surface area contributed by atoms with Gasteiger partial charge in [-0.3, -0.25) is 14.1 Å². The summed E-state index contributed by atoms with van der Waals surface area (Å²) < 4.78 is 17.5. The number of carbonyl (C=O) groups excluding carboxylic acids is 2. The molecule has 13 nitrogen and oxygen atoms in total. The van der Waals surface area contributed by atoms with Crippen molar-refractivity contribution >= 4 is 47.7 Å². The Labute approximate surface area is 175 Å². The molecule has 0 saturated carbocycles. The van der Waals surface area contributed by atoms with Crippen molar-refractivity contribution in [2.75, 3.05) is 12.3 Å². The molecule has 3 atom stereocenters. The van der Waals surface area contributed by atoms with Gasteiger partial charge in [-0.1, -0.05) is 5.16 Å². The summed E-state index contributed by atoms with van der Waals surface area (Å²) in [6, 6.07) is -1.98. The highest BCUT2D eigenvalue weighted by Crippen LogP contribution is 2.52. The molecule has 30 heavy (non-hydrogen) atoms. The first-order valence-corrected chi connectivity index (χ1v) is 11.1. The maximum absolute atomic E-state index is 12.7. The third-order valence-electron chi connectivity index (χ3n) is 4.08. The fourth-order valence-corrected chi connectivity index (χ4v) is 4.36. The minimum Gasteiger partial charge on any atom is -0.478 e. The SMILES string of the molecule is CCOP(=O)(O)N1C(=O)[C@H](NC(=O)C(=NOC(C)(C)C(=O)O)c2csc(N)n2)C1C. The number of amides is 2. The molecule has 1 aliphatic heterocycles. The monoisotopic (exact) mass is 463 g/mol. The molecule has 1 fully saturated rings. The topological polar surface area (TPSA) is 194 Å². The Kier molecular flexibility index (Phi) is 6.87. The smallest absolute Gasteiger partial charge is 0.435 e. The molecule has 0 radical (unpaired) electrons. The summed E-state index contributed by atoms with van der Waals surface area (Å²) in [7, 11) is -4.33. The zero-order valence-corrected chi connectivity index (χ0v) is 18.3. The quantitative estimate of drug-likeness (QED) is 0.170. The van der Waals surface area contributed by atoms with E-state index >= 15 is 0 Å². The van der Waals surface area contributed by atoms with Gasteiger partial charge in [0, 0.05) is 5.38 Å². The maximum atomic E-state index is 12.7. The molecule has 2 rings (SSSR count). The molecule has 1 saturated heterocycles. The molecule has 2 unspecified atom stereocenters. The van der Waals surface area contributed by atoms with Crippen LogP contribution in [0.5, 0.6) is 0 Å². The Bertz CT molecular complexity index is 932. The van der Waals surface area contributed by atoms with Crippen LogP contribution in [0.4, 0.5) is 5.13 Å². The van der Waals surface area contributed by atoms with Crippen molar-refractivity contribution in [3.05, 3.63) is 11.1 Å². The minimum atomic E-state index is -4.33. The molecule has 2 amide bonds. The van der Waals surface area contributed by atoms with E-state index in [4.69, 9.17) is 20.2 Å². The second-order valence-corrected chi connectivity index (χ2v) is 9.26. The first-order chi connectivity index (χ1) is 13.8. The van der Waals surface area contributed by atoms with Crippen molar-refractivity contribution in [1.29, 1.82) is 0 Å². The van der Waals surface area contributed by atoms with Crippen LogP contribution in [0, 0.1) is 0 Å². The summed E-state index contributed by atoms with van der Waals surface area (Å²) in [5.74, 6) is -3.05. The zero-order valence-electron chi connectivity index (χ0n) is 16.6. The van der Waals surface area contributed by atoms with Crippen LogP contribution in [0.15, 0.2) is 10.5 Å². The molecule has 2 heterocycles. The lowest BCUT2D eigenvalue weighted by atomic mass is 10.0. The molecule has 15 heteroatoms. The highest BCUT2D eigenvalue weighted by atomic mass is 32.1. The molecular formula is C15H22N5O8PS. The molecule has 5 N–H and O–H groups in total. The number of nitrogens with one attached hydrogen (secondary N) is 1. The lowest BCUT2D eigenvalue weighted by Crippen LogP contribution is -2.68. The summed E-state index contributed by atoms with van der Waals surface area (Å²) in [5.41, 5.74) is 3.43. The lowest BCUT2D eigenvalue weighted by molar-refractivity contribution is -0.161. The molecule has 0 aliphatic carbocycles. The van der Waals surface area contributed by atoms with Gasteiger partial charge in [0.1, 0.15) is 11.7 Å². The Hall–Kier alpha value is -2.54. The summed E-state index contributed by atoms with van der Waals surface area (Å²) in [4.78, 5) is 55.0. The maximum Gasteiger partial charge on any atom is 0.435 e. The second-order valence-electron chi connectivity index (χ2n) is 6.70. The van der Waals surface area contributed by atoms with Crippen LogP contribution in [0.1, 0.15) is 33.4 Å². The van der Waals surface area contributed by atoms with Gasteiger partial charge >= 0.3 is 13.7 Å². The number of nitrogen functional groups attached to an aromatic ring is 1. The van der Waals surface area contributed by atoms with Crippen LogP contribution in [0.25, 0.3) is 0 Å². The van der Waals surface area contributed by atoms with E-state index in [0.717, 1.165) is 11.3 Å². The number of carboxylic acids is 1. The van der Waals surface area contributed by atoms with Gasteiger partial charge in [-0.15, -0.1) is 11.3 Å². The van der Waals surface area contributed by atoms with E-state index in [-0.39, 0.29) is 17.4 Å². The fourth-order valence-electron chi connectivity index (χ4n) is 2.39. The van der Waals surface area contributed by atoms with Crippen LogP contribution in [-0.4, -0.2) is 67.4 Å². The summed E-state index contributed by atoms with van der Waals surface area (Å²) in [6.07, 6.45) is 0. The van der Waals surface area contributed by atoms with Crippen molar-refractivity contribution in [3.8, 4) is 0 Å². The van der Waals surface area contributed by atoms with Gasteiger partial charge in [-0.2, -0.15) is 0 Å². The van der Waals surface area contributed by atoms with Gasteiger partial charge in [0.15, 0.2) is 10.8 Å². The Morgan fingerprint density at radius 1 is 1.50 bits per heavy atom. The number of aromatic nitrogens is 1. The number of hydrogen-bond donors (Lipinski definition) is 4. The van der Waals surface area contributed by atoms with E-state index in [1.165, 1.54) is 33.1 Å². The highest BCUT2D eigenvalue weighted by molar-refractivity contribution is 7.51. The highest BCUT2D eigenvalue weighted by Gasteiger charge is 2.54. The summed E-state index contributed by atoms with van der Waals surface area (Å²) >= 11 is 1.01. The van der Waals surface area contributed by atoms with Crippen LogP contribution in [0.2, 0.25) is 0 Å². The number of oxime groups is 1. The number of aliphatic carboxylic acids is 1. The normalized spacial score (nSPS) is 21.6. The zero-order chi connectivity index (χ0) is 22.9. The molecular weight excluding hydrogens is 441 g/mol. The second kappa shape index (κ2) is 8.68. The number of thiazole rings is 1. The van der Waals surface area contributed by atoms with Crippen LogP contribution in [0.3, 0.4) is 0 Å². The number of carbonyl (C=O) groups is 3. The fraction of sp³-hybridized carbons (Fsp3) is 0.533. The number of nitrogens with two attached hydrogens (primary N) is 1. The van der Waals surface area contributed by atoms with E-state index in [1.54, 1.807) is 0 Å². The van der Waals surface area contributed by atoms with Crippen LogP contribution >= 0.6 is 19.1 Å². The van der Waals surface area contributed by atoms with Crippen molar-refractivity contribution in [2.24, 2.45) is 5.16 Å². The molecule has 0 spiro atoms. The first kappa shape index (κ1) is 23.7. The Morgan fingerprint density at radius 3 is 2.60 bits per heavy atom. The third kappa shape index (κ3) is 4.78. The van der Waals surface area contributed by atoms with E-state index in [0.29, 0.717) is 4.67 Å². The summed E-state index contributed by atoms with van der Waals surface area (Å²) in [6.45, 7) is 5.32. The number of β-lactam (4-membered cyclic amide) rings is 1. The van der Waals surface area contributed by atoms with Gasteiger partial charge in [-0.05, 0) is 27.7 Å². The average Bonchev–Trinajstić information content (AvgIpc) is 3.05. The number of nitrogens with zero attached hydrogens (tertiary/aromatic N) is 3. The standard InChI is InChI=1S/C15H22N5O8PS/c1-5-27-29(25,26)20-7(2)9(12(20)22)18-11(21)10(8-6-30-14(16)17-8)19-28-15(3,4)13(23)24/h6-7,9H,5H2,1-4H3,(H2,16,17)(H,18,21)(H,23,24)(H,25,26)/t7?,9-/m1/s1. The third-order valence-corrected chi connectivity index (χ3v) is 6.45. The largest absolute Gasteiger partial charge is 0.478 e. The van der Waals surface area contributed by atoms with Crippen LogP contribution in [-0.2, 0) is 28.3 Å². The predicted molar refractivity (Wildman–Crippen MR) is 106 cm³/mol. The summed E-state index contributed by atoms with van der Waals surface area (Å²) in [5, 5.41) is 16.7. The molecule has 1 aromatic heterocycles. The van der Waals surface area contributed by atoms with Crippen LogP contribution < -0.4 is 11.1 Å². The average molecular weight is 463 g/mol. The van der Waals surface area contributed by atoms with Crippen molar-refractivity contribution < 1.29 is 38.3 Å². The molecule has 0 aromatic carbocycles. The lowest BCUT2D eigenvalue weighted by Gasteiger charge is -2.45. The molecule has 1 aromatic rings. The van der Waals surface area contributed by atoms with Crippen molar-refractivity contribution in [2.45, 2.75) is 45.4 Å². The first-order valence-electron chi connectivity index (χ1n) is 8.64. The van der Waals surface area contributed by atoms with Gasteiger partial charge in [-0.25, -0.2) is 19.0 Å². The Balaban J connectivity index is 2.23. The molecule has 166 valence electrons. The number of hydrogen-bond acceptors (Lipinski definition) is 10. The number of rotatable bonds is 9. The predicted octanol–water partition coefficient (Wildman–Crippen LogP) is 0.162. The van der Waals surface area contributed by atoms with Gasteiger partial charge in [0.05, 0.1) is 12.6 Å².